The highest BCUT2D eigenvalue weighted by Crippen LogP contribution is 2.41. The number of anilines is 1. The number of amides is 1. The second-order valence-electron chi connectivity index (χ2n) is 6.29. The van der Waals surface area contributed by atoms with E-state index in [-0.39, 0.29) is 23.2 Å². The fourth-order valence-electron chi connectivity index (χ4n) is 3.11. The Morgan fingerprint density at radius 3 is 2.00 bits per heavy atom. The van der Waals surface area contributed by atoms with Gasteiger partial charge in [0, 0.05) is 24.2 Å². The van der Waals surface area contributed by atoms with Crippen LogP contribution in [0.15, 0.2) is 59.0 Å². The number of carbonyl (C=O) groups is 2. The number of methoxy groups -OCH3 is 3. The SMILES string of the molecule is CCN(C(=O)c1ccc(C(=O)c2ccccc2)o1)c1cc(OC)c(OC)c(OC)c1. The topological polar surface area (TPSA) is 78.2 Å². The van der Waals surface area contributed by atoms with Crippen LogP contribution in [0.3, 0.4) is 0 Å². The van der Waals surface area contributed by atoms with Crippen LogP contribution in [0, 0.1) is 0 Å². The Balaban J connectivity index is 1.92. The highest BCUT2D eigenvalue weighted by Gasteiger charge is 2.24. The Labute approximate surface area is 174 Å². The summed E-state index contributed by atoms with van der Waals surface area (Å²) in [5.41, 5.74) is 1.03. The number of carbonyl (C=O) groups excluding carboxylic acids is 2. The third-order valence-electron chi connectivity index (χ3n) is 4.60. The minimum atomic E-state index is -0.390. The molecule has 0 aliphatic rings. The van der Waals surface area contributed by atoms with Gasteiger partial charge in [0.1, 0.15) is 0 Å². The lowest BCUT2D eigenvalue weighted by molar-refractivity contribution is 0.0952. The van der Waals surface area contributed by atoms with E-state index in [2.05, 4.69) is 0 Å². The van der Waals surface area contributed by atoms with Crippen molar-refractivity contribution in [3.8, 4) is 17.2 Å². The van der Waals surface area contributed by atoms with Crippen molar-refractivity contribution in [3.63, 3.8) is 0 Å². The van der Waals surface area contributed by atoms with E-state index in [1.165, 1.54) is 38.4 Å². The first-order chi connectivity index (χ1) is 14.5. The summed E-state index contributed by atoms with van der Waals surface area (Å²) < 4.78 is 21.7. The second-order valence-corrected chi connectivity index (χ2v) is 6.29. The molecule has 2 aromatic carbocycles. The summed E-state index contributed by atoms with van der Waals surface area (Å²) in [5.74, 6) is 0.774. The summed E-state index contributed by atoms with van der Waals surface area (Å²) in [6.07, 6.45) is 0. The maximum atomic E-state index is 13.1. The Morgan fingerprint density at radius 1 is 0.867 bits per heavy atom. The van der Waals surface area contributed by atoms with Crippen LogP contribution in [0.1, 0.15) is 33.6 Å². The molecule has 0 N–H and O–H groups in total. The van der Waals surface area contributed by atoms with Crippen molar-refractivity contribution in [1.29, 1.82) is 0 Å². The van der Waals surface area contributed by atoms with Gasteiger partial charge in [0.25, 0.3) is 5.91 Å². The highest BCUT2D eigenvalue weighted by molar-refractivity contribution is 6.09. The first kappa shape index (κ1) is 21.0. The quantitative estimate of drug-likeness (QED) is 0.519. The van der Waals surface area contributed by atoms with Gasteiger partial charge >= 0.3 is 0 Å². The molecule has 156 valence electrons. The van der Waals surface area contributed by atoms with E-state index in [4.69, 9.17) is 18.6 Å². The first-order valence-electron chi connectivity index (χ1n) is 9.35. The highest BCUT2D eigenvalue weighted by atomic mass is 16.5. The molecule has 7 nitrogen and oxygen atoms in total. The molecule has 3 rings (SSSR count). The molecule has 0 spiro atoms. The number of benzene rings is 2. The molecule has 0 aliphatic carbocycles. The van der Waals surface area contributed by atoms with Crippen molar-refractivity contribution in [3.05, 3.63) is 71.7 Å². The van der Waals surface area contributed by atoms with Crippen molar-refractivity contribution in [2.24, 2.45) is 0 Å². The van der Waals surface area contributed by atoms with Crippen molar-refractivity contribution >= 4 is 17.4 Å². The Bertz CT molecular complexity index is 1020. The van der Waals surface area contributed by atoms with Gasteiger partial charge in [0.2, 0.25) is 11.5 Å². The summed E-state index contributed by atoms with van der Waals surface area (Å²) in [5, 5.41) is 0. The second kappa shape index (κ2) is 9.17. The van der Waals surface area contributed by atoms with Crippen LogP contribution in [-0.2, 0) is 0 Å². The van der Waals surface area contributed by atoms with Gasteiger partial charge in [0.15, 0.2) is 23.0 Å². The summed E-state index contributed by atoms with van der Waals surface area (Å²) in [6.45, 7) is 2.19. The Morgan fingerprint density at radius 2 is 1.47 bits per heavy atom. The molecule has 0 unspecified atom stereocenters. The van der Waals surface area contributed by atoms with E-state index in [0.29, 0.717) is 35.0 Å². The molecule has 1 amide bonds. The number of ether oxygens (including phenoxy) is 3. The zero-order valence-corrected chi connectivity index (χ0v) is 17.3. The molecule has 30 heavy (non-hydrogen) atoms. The standard InChI is InChI=1S/C23H23NO6/c1-5-24(16-13-19(27-2)22(29-4)20(14-16)28-3)23(26)18-12-11-17(30-18)21(25)15-9-7-6-8-10-15/h6-14H,5H2,1-4H3. The molecule has 0 bridgehead atoms. The van der Waals surface area contributed by atoms with E-state index < -0.39 is 0 Å². The normalized spacial score (nSPS) is 10.4. The summed E-state index contributed by atoms with van der Waals surface area (Å²) in [6, 6.07) is 15.1. The summed E-state index contributed by atoms with van der Waals surface area (Å²) >= 11 is 0. The molecule has 1 heterocycles. The zero-order valence-electron chi connectivity index (χ0n) is 17.3. The van der Waals surface area contributed by atoms with E-state index in [1.54, 1.807) is 36.4 Å². The van der Waals surface area contributed by atoms with Gasteiger partial charge in [0.05, 0.1) is 27.0 Å². The zero-order chi connectivity index (χ0) is 21.7. The molecule has 0 radical (unpaired) electrons. The van der Waals surface area contributed by atoms with Gasteiger partial charge in [-0.15, -0.1) is 0 Å². The van der Waals surface area contributed by atoms with Gasteiger partial charge in [-0.2, -0.15) is 0 Å². The lowest BCUT2D eigenvalue weighted by Crippen LogP contribution is -2.30. The van der Waals surface area contributed by atoms with Gasteiger partial charge in [-0.05, 0) is 19.1 Å². The largest absolute Gasteiger partial charge is 0.493 e. The van der Waals surface area contributed by atoms with Gasteiger partial charge in [-0.3, -0.25) is 9.59 Å². The van der Waals surface area contributed by atoms with Crippen molar-refractivity contribution in [2.45, 2.75) is 6.92 Å². The molecular weight excluding hydrogens is 386 g/mol. The van der Waals surface area contributed by atoms with Gasteiger partial charge in [-0.1, -0.05) is 30.3 Å². The fraction of sp³-hybridized carbons (Fsp3) is 0.217. The van der Waals surface area contributed by atoms with Crippen LogP contribution in [0.2, 0.25) is 0 Å². The monoisotopic (exact) mass is 409 g/mol. The summed E-state index contributed by atoms with van der Waals surface area (Å²) in [7, 11) is 4.53. The van der Waals surface area contributed by atoms with Gasteiger partial charge in [-0.25, -0.2) is 0 Å². The average molecular weight is 409 g/mol. The predicted octanol–water partition coefficient (Wildman–Crippen LogP) is 4.20. The van der Waals surface area contributed by atoms with E-state index in [9.17, 15) is 9.59 Å². The smallest absolute Gasteiger partial charge is 0.293 e. The number of rotatable bonds is 8. The molecule has 0 fully saturated rings. The lowest BCUT2D eigenvalue weighted by atomic mass is 10.1. The number of hydrogen-bond acceptors (Lipinski definition) is 6. The van der Waals surface area contributed by atoms with Crippen LogP contribution < -0.4 is 19.1 Å². The van der Waals surface area contributed by atoms with E-state index in [0.717, 1.165) is 0 Å². The predicted molar refractivity (Wildman–Crippen MR) is 112 cm³/mol. The van der Waals surface area contributed by atoms with E-state index in [1.807, 2.05) is 13.0 Å². The minimum Gasteiger partial charge on any atom is -0.493 e. The third kappa shape index (κ3) is 4.00. The Kier molecular flexibility index (Phi) is 6.41. The lowest BCUT2D eigenvalue weighted by Gasteiger charge is -2.22. The maximum absolute atomic E-state index is 13.1. The number of hydrogen-bond donors (Lipinski definition) is 0. The molecule has 0 saturated heterocycles. The van der Waals surface area contributed by atoms with Crippen LogP contribution in [0.5, 0.6) is 17.2 Å². The Hall–Kier alpha value is -3.74. The molecule has 0 atom stereocenters. The third-order valence-corrected chi connectivity index (χ3v) is 4.60. The number of furan rings is 1. The molecule has 7 heteroatoms. The molecule has 1 aromatic heterocycles. The van der Waals surface area contributed by atoms with Crippen LogP contribution in [-0.4, -0.2) is 39.6 Å². The molecule has 0 saturated carbocycles. The van der Waals surface area contributed by atoms with E-state index >= 15 is 0 Å². The fourth-order valence-corrected chi connectivity index (χ4v) is 3.11. The number of nitrogens with zero attached hydrogens (tertiary/aromatic N) is 1. The molecular formula is C23H23NO6. The van der Waals surface area contributed by atoms with Crippen molar-refractivity contribution in [1.82, 2.24) is 0 Å². The van der Waals surface area contributed by atoms with Crippen LogP contribution >= 0.6 is 0 Å². The first-order valence-corrected chi connectivity index (χ1v) is 9.35. The average Bonchev–Trinajstić information content (AvgIpc) is 3.29. The molecule has 3 aromatic rings. The minimum absolute atomic E-state index is 0.0601. The van der Waals surface area contributed by atoms with Gasteiger partial charge < -0.3 is 23.5 Å². The van der Waals surface area contributed by atoms with Crippen molar-refractivity contribution in [2.75, 3.05) is 32.8 Å². The maximum Gasteiger partial charge on any atom is 0.293 e. The van der Waals surface area contributed by atoms with Crippen LogP contribution in [0.4, 0.5) is 5.69 Å². The summed E-state index contributed by atoms with van der Waals surface area (Å²) in [4.78, 5) is 27.2. The van der Waals surface area contributed by atoms with Crippen LogP contribution in [0.25, 0.3) is 0 Å². The molecule has 0 aliphatic heterocycles. The van der Waals surface area contributed by atoms with Crippen molar-refractivity contribution < 1.29 is 28.2 Å². The number of ketones is 1.